The molecule has 0 unspecified atom stereocenters. The van der Waals surface area contributed by atoms with Crippen LogP contribution in [-0.4, -0.2) is 37.9 Å². The predicted octanol–water partition coefficient (Wildman–Crippen LogP) is 3.78. The molecule has 10 nitrogen and oxygen atoms in total. The van der Waals surface area contributed by atoms with Gasteiger partial charge in [-0.15, -0.1) is 5.10 Å². The van der Waals surface area contributed by atoms with Crippen LogP contribution in [0.1, 0.15) is 16.1 Å². The van der Waals surface area contributed by atoms with Crippen LogP contribution in [-0.2, 0) is 6.54 Å². The van der Waals surface area contributed by atoms with E-state index >= 15 is 0 Å². The molecule has 13 heteroatoms. The van der Waals surface area contributed by atoms with E-state index in [0.29, 0.717) is 10.0 Å². The number of carbonyl (C=O) groups excluding carboxylic acids is 1. The van der Waals surface area contributed by atoms with Gasteiger partial charge in [0, 0.05) is 16.2 Å². The number of ether oxygens (including phenoxy) is 1. The van der Waals surface area contributed by atoms with Crippen LogP contribution >= 0.6 is 34.8 Å². The summed E-state index contributed by atoms with van der Waals surface area (Å²) in [5, 5.41) is 24.7. The molecule has 28 heavy (non-hydrogen) atoms. The number of aromatic amines is 1. The highest BCUT2D eigenvalue weighted by Gasteiger charge is 2.30. The van der Waals surface area contributed by atoms with E-state index in [1.807, 2.05) is 0 Å². The Hall–Kier alpha value is -2.82. The maximum Gasteiger partial charge on any atom is 0.362 e. The number of hydrogen-bond donors (Lipinski definition) is 2. The fourth-order valence-electron chi connectivity index (χ4n) is 2.35. The first-order valence-corrected chi connectivity index (χ1v) is 8.68. The van der Waals surface area contributed by atoms with Crippen molar-refractivity contribution >= 4 is 52.2 Å². The normalized spacial score (nSPS) is 10.7. The lowest BCUT2D eigenvalue weighted by molar-refractivity contribution is -0.386. The van der Waals surface area contributed by atoms with E-state index in [-0.39, 0.29) is 23.3 Å². The summed E-state index contributed by atoms with van der Waals surface area (Å²) < 4.78 is 6.22. The van der Waals surface area contributed by atoms with E-state index in [1.54, 1.807) is 18.2 Å². The number of amides is 1. The molecule has 3 aromatic rings. The van der Waals surface area contributed by atoms with E-state index in [1.165, 1.54) is 18.0 Å². The van der Waals surface area contributed by atoms with Gasteiger partial charge >= 0.3 is 11.6 Å². The summed E-state index contributed by atoms with van der Waals surface area (Å²) in [4.78, 5) is 22.8. The summed E-state index contributed by atoms with van der Waals surface area (Å²) in [6.45, 7) is 0.267. The quantitative estimate of drug-likeness (QED) is 0.439. The Morgan fingerprint density at radius 1 is 1.36 bits per heavy atom. The molecule has 0 fully saturated rings. The minimum atomic E-state index is -0.848. The van der Waals surface area contributed by atoms with Gasteiger partial charge in [-0.05, 0) is 17.7 Å². The summed E-state index contributed by atoms with van der Waals surface area (Å²) in [7, 11) is 1.20. The van der Waals surface area contributed by atoms with Crippen LogP contribution in [0, 0.1) is 10.1 Å². The zero-order chi connectivity index (χ0) is 20.4. The van der Waals surface area contributed by atoms with Gasteiger partial charge in [-0.25, -0.2) is 0 Å². The van der Waals surface area contributed by atoms with Gasteiger partial charge in [0.05, 0.1) is 18.6 Å². The third-order valence-corrected chi connectivity index (χ3v) is 4.47. The molecule has 0 saturated carbocycles. The van der Waals surface area contributed by atoms with Gasteiger partial charge in [0.2, 0.25) is 5.69 Å². The number of benzene rings is 1. The summed E-state index contributed by atoms with van der Waals surface area (Å²) in [5.74, 6) is -1.15. The Morgan fingerprint density at radius 2 is 2.11 bits per heavy atom. The lowest BCUT2D eigenvalue weighted by atomic mass is 10.2. The van der Waals surface area contributed by atoms with Gasteiger partial charge in [-0.3, -0.25) is 24.7 Å². The van der Waals surface area contributed by atoms with Crippen LogP contribution < -0.4 is 10.1 Å². The second-order valence-corrected chi connectivity index (χ2v) is 6.68. The number of rotatable bonds is 6. The molecule has 146 valence electrons. The molecule has 0 atom stereocenters. The Kier molecular flexibility index (Phi) is 5.73. The second kappa shape index (κ2) is 8.05. The molecule has 2 N–H and O–H groups in total. The van der Waals surface area contributed by atoms with Crippen molar-refractivity contribution < 1.29 is 14.5 Å². The summed E-state index contributed by atoms with van der Waals surface area (Å²) in [6.07, 6.45) is 1.48. The van der Waals surface area contributed by atoms with Gasteiger partial charge in [-0.2, -0.15) is 5.10 Å². The van der Waals surface area contributed by atoms with Crippen molar-refractivity contribution in [2.75, 3.05) is 12.4 Å². The number of hydrogen-bond acceptors (Lipinski definition) is 6. The first-order valence-electron chi connectivity index (χ1n) is 7.55. The molecule has 0 radical (unpaired) electrons. The number of nitrogens with zero attached hydrogens (tertiary/aromatic N) is 4. The van der Waals surface area contributed by atoms with Gasteiger partial charge in [0.15, 0.2) is 5.82 Å². The Morgan fingerprint density at radius 3 is 2.75 bits per heavy atom. The Balaban J connectivity index is 1.81. The largest absolute Gasteiger partial charge is 0.475 e. The fraction of sp³-hybridized carbons (Fsp3) is 0.133. The summed E-state index contributed by atoms with van der Waals surface area (Å²) in [5.41, 5.74) is -0.256. The first kappa shape index (κ1) is 19.9. The molecule has 1 aromatic carbocycles. The molecule has 3 rings (SSSR count). The average molecular weight is 446 g/mol. The molecule has 1 amide bonds. The third kappa shape index (κ3) is 4.03. The number of methoxy groups -OCH3 is 1. The highest BCUT2D eigenvalue weighted by molar-refractivity contribution is 6.35. The summed E-state index contributed by atoms with van der Waals surface area (Å²) in [6, 6.07) is 5.01. The third-order valence-electron chi connectivity index (χ3n) is 3.61. The zero-order valence-corrected chi connectivity index (χ0v) is 16.3. The maximum atomic E-state index is 12.4. The van der Waals surface area contributed by atoms with Crippen LogP contribution in [0.5, 0.6) is 5.88 Å². The lowest BCUT2D eigenvalue weighted by Crippen LogP contribution is -2.15. The predicted molar refractivity (Wildman–Crippen MR) is 103 cm³/mol. The number of anilines is 1. The molecule has 0 aliphatic carbocycles. The van der Waals surface area contributed by atoms with Crippen LogP contribution in [0.3, 0.4) is 0 Å². The SMILES string of the molecule is COc1n[nH]c(C(=O)Nc2nn(Cc3ccc(Cl)cc3Cl)cc2Cl)c1[N+](=O)[O-]. The minimum absolute atomic E-state index is 0.0135. The molecule has 0 aliphatic rings. The summed E-state index contributed by atoms with van der Waals surface area (Å²) >= 11 is 18.1. The lowest BCUT2D eigenvalue weighted by Gasteiger charge is -2.05. The van der Waals surface area contributed by atoms with Gasteiger partial charge in [-0.1, -0.05) is 40.9 Å². The molecule has 0 saturated heterocycles. The topological polar surface area (TPSA) is 128 Å². The van der Waals surface area contributed by atoms with Crippen molar-refractivity contribution in [3.05, 3.63) is 60.8 Å². The number of nitrogens with one attached hydrogen (secondary N) is 2. The van der Waals surface area contributed by atoms with E-state index < -0.39 is 22.2 Å². The maximum absolute atomic E-state index is 12.4. The van der Waals surface area contributed by atoms with Crippen LogP contribution in [0.15, 0.2) is 24.4 Å². The molecule has 0 aliphatic heterocycles. The standard InChI is InChI=1S/C15H11Cl3N6O4/c1-28-15-12(24(26)27)11(20-21-15)14(25)19-13-10(18)6-23(22-13)5-7-2-3-8(16)4-9(7)17/h2-4,6H,5H2,1H3,(H,20,21)(H,19,22,25). The van der Waals surface area contributed by atoms with Crippen LogP contribution in [0.4, 0.5) is 11.5 Å². The van der Waals surface area contributed by atoms with E-state index in [9.17, 15) is 14.9 Å². The number of halogens is 3. The Bertz CT molecular complexity index is 1060. The number of nitro groups is 1. The van der Waals surface area contributed by atoms with Crippen molar-refractivity contribution in [3.8, 4) is 5.88 Å². The number of H-pyrrole nitrogens is 1. The molecular formula is C15H11Cl3N6O4. The smallest absolute Gasteiger partial charge is 0.362 e. The molecule has 2 aromatic heterocycles. The first-order chi connectivity index (χ1) is 13.3. The van der Waals surface area contributed by atoms with E-state index in [2.05, 4.69) is 20.6 Å². The van der Waals surface area contributed by atoms with Crippen LogP contribution in [0.2, 0.25) is 15.1 Å². The van der Waals surface area contributed by atoms with Crippen molar-refractivity contribution in [2.45, 2.75) is 6.54 Å². The average Bonchev–Trinajstić information content (AvgIpc) is 3.21. The fourth-order valence-corrected chi connectivity index (χ4v) is 3.01. The minimum Gasteiger partial charge on any atom is -0.475 e. The van der Waals surface area contributed by atoms with Crippen molar-refractivity contribution in [1.29, 1.82) is 0 Å². The molecular weight excluding hydrogens is 435 g/mol. The van der Waals surface area contributed by atoms with E-state index in [4.69, 9.17) is 39.5 Å². The monoisotopic (exact) mass is 444 g/mol. The van der Waals surface area contributed by atoms with E-state index in [0.717, 1.165) is 5.56 Å². The van der Waals surface area contributed by atoms with Crippen molar-refractivity contribution in [3.63, 3.8) is 0 Å². The molecule has 0 spiro atoms. The second-order valence-electron chi connectivity index (χ2n) is 5.43. The van der Waals surface area contributed by atoms with Crippen molar-refractivity contribution in [1.82, 2.24) is 20.0 Å². The number of carbonyl (C=O) groups is 1. The molecule has 0 bridgehead atoms. The van der Waals surface area contributed by atoms with Gasteiger partial charge in [0.1, 0.15) is 5.02 Å². The highest BCUT2D eigenvalue weighted by atomic mass is 35.5. The highest BCUT2D eigenvalue weighted by Crippen LogP contribution is 2.29. The zero-order valence-electron chi connectivity index (χ0n) is 14.1. The molecule has 2 heterocycles. The van der Waals surface area contributed by atoms with Gasteiger partial charge in [0.25, 0.3) is 5.91 Å². The van der Waals surface area contributed by atoms with Crippen molar-refractivity contribution in [2.24, 2.45) is 0 Å². The Labute approximate surface area is 172 Å². The van der Waals surface area contributed by atoms with Crippen LogP contribution in [0.25, 0.3) is 0 Å². The van der Waals surface area contributed by atoms with Gasteiger partial charge < -0.3 is 10.1 Å². The number of aromatic nitrogens is 4.